The second-order valence-electron chi connectivity index (χ2n) is 8.85. The van der Waals surface area contributed by atoms with Crippen LogP contribution in [0.1, 0.15) is 16.1 Å². The minimum Gasteiger partial charge on any atom is -0.406 e. The fourth-order valence-electron chi connectivity index (χ4n) is 3.96. The molecule has 1 aromatic carbocycles. The molecule has 14 heteroatoms. The molecule has 0 bridgehead atoms. The highest BCUT2D eigenvalue weighted by Gasteiger charge is 2.31. The fraction of sp³-hybridized carbons (Fsp3) is 0.280. The summed E-state index contributed by atoms with van der Waals surface area (Å²) in [5, 5.41) is 8.17. The highest BCUT2D eigenvalue weighted by atomic mass is 19.4. The number of aromatic nitrogens is 5. The van der Waals surface area contributed by atoms with E-state index >= 15 is 0 Å². The summed E-state index contributed by atoms with van der Waals surface area (Å²) in [4.78, 5) is 37.8. The predicted molar refractivity (Wildman–Crippen MR) is 131 cm³/mol. The van der Waals surface area contributed by atoms with Crippen molar-refractivity contribution >= 4 is 5.91 Å². The molecule has 4 aromatic rings. The number of ether oxygens (including phenoxy) is 1. The minimum absolute atomic E-state index is 0.00929. The van der Waals surface area contributed by atoms with Gasteiger partial charge in [-0.1, -0.05) is 5.16 Å². The molecule has 1 aliphatic heterocycles. The molecule has 0 radical (unpaired) electrons. The summed E-state index contributed by atoms with van der Waals surface area (Å²) in [5.41, 5.74) is 1.16. The summed E-state index contributed by atoms with van der Waals surface area (Å²) in [6.07, 6.45) is -3.28. The Morgan fingerprint density at radius 2 is 1.79 bits per heavy atom. The van der Waals surface area contributed by atoms with Crippen LogP contribution in [0.2, 0.25) is 0 Å². The lowest BCUT2D eigenvalue weighted by Gasteiger charge is -2.32. The van der Waals surface area contributed by atoms with Crippen LogP contribution >= 0.6 is 0 Å². The van der Waals surface area contributed by atoms with E-state index in [2.05, 4.69) is 29.9 Å². The van der Waals surface area contributed by atoms with E-state index < -0.39 is 6.36 Å². The average molecular weight is 541 g/mol. The number of alkyl halides is 3. The third-order valence-electron chi connectivity index (χ3n) is 6.02. The summed E-state index contributed by atoms with van der Waals surface area (Å²) in [6.45, 7) is 2.86. The van der Waals surface area contributed by atoms with Crippen LogP contribution in [0.5, 0.6) is 5.75 Å². The smallest absolute Gasteiger partial charge is 0.406 e. The largest absolute Gasteiger partial charge is 0.573 e. The molecule has 202 valence electrons. The molecule has 0 N–H and O–H groups in total. The van der Waals surface area contributed by atoms with Gasteiger partial charge in [-0.25, -0.2) is 4.68 Å². The number of hydrogen-bond donors (Lipinski definition) is 0. The van der Waals surface area contributed by atoms with Gasteiger partial charge in [0.25, 0.3) is 17.4 Å². The Labute approximate surface area is 219 Å². The lowest BCUT2D eigenvalue weighted by Crippen LogP contribution is -2.47. The Morgan fingerprint density at radius 1 is 1.05 bits per heavy atom. The number of nitrogens with zero attached hydrogens (tertiary/aromatic N) is 7. The average Bonchev–Trinajstić information content (AvgIpc) is 3.40. The van der Waals surface area contributed by atoms with Crippen LogP contribution in [0, 0.1) is 0 Å². The van der Waals surface area contributed by atoms with E-state index in [0.29, 0.717) is 24.2 Å². The number of likely N-dealkylation sites (N-methyl/N-ethyl adjacent to an activating group) is 1. The first-order chi connectivity index (χ1) is 18.6. The number of pyridine rings is 1. The van der Waals surface area contributed by atoms with Crippen molar-refractivity contribution in [2.45, 2.75) is 12.9 Å². The number of benzene rings is 1. The quantitative estimate of drug-likeness (QED) is 0.363. The maximum absolute atomic E-state index is 12.9. The Morgan fingerprint density at radius 3 is 2.51 bits per heavy atom. The topological polar surface area (TPSA) is 119 Å². The monoisotopic (exact) mass is 541 g/mol. The van der Waals surface area contributed by atoms with Crippen molar-refractivity contribution in [3.8, 4) is 28.7 Å². The van der Waals surface area contributed by atoms with Crippen molar-refractivity contribution in [2.24, 2.45) is 0 Å². The Kier molecular flexibility index (Phi) is 7.11. The zero-order valence-corrected chi connectivity index (χ0v) is 20.6. The van der Waals surface area contributed by atoms with E-state index in [1.807, 2.05) is 7.05 Å². The molecule has 1 fully saturated rings. The van der Waals surface area contributed by atoms with Gasteiger partial charge in [-0.15, -0.1) is 13.2 Å². The van der Waals surface area contributed by atoms with Crippen LogP contribution in [0.25, 0.3) is 23.0 Å². The first kappa shape index (κ1) is 26.0. The van der Waals surface area contributed by atoms with Gasteiger partial charge in [-0.3, -0.25) is 14.6 Å². The molecule has 11 nitrogen and oxygen atoms in total. The molecular weight excluding hydrogens is 519 g/mol. The Hall–Kier alpha value is -4.59. The molecule has 0 unspecified atom stereocenters. The molecular formula is C25H22F3N7O4. The summed E-state index contributed by atoms with van der Waals surface area (Å²) >= 11 is 0. The van der Waals surface area contributed by atoms with Crippen LogP contribution in [-0.4, -0.2) is 80.2 Å². The second kappa shape index (κ2) is 10.6. The minimum atomic E-state index is -4.80. The Balaban J connectivity index is 1.32. The number of carbonyl (C=O) groups excluding carboxylic acids is 1. The van der Waals surface area contributed by atoms with Gasteiger partial charge in [0, 0.05) is 44.0 Å². The molecule has 0 saturated carbocycles. The molecule has 4 heterocycles. The second-order valence-corrected chi connectivity index (χ2v) is 8.85. The van der Waals surface area contributed by atoms with E-state index in [-0.39, 0.29) is 46.9 Å². The third-order valence-corrected chi connectivity index (χ3v) is 6.02. The van der Waals surface area contributed by atoms with Crippen molar-refractivity contribution < 1.29 is 27.2 Å². The third kappa shape index (κ3) is 6.29. The van der Waals surface area contributed by atoms with E-state index in [1.54, 1.807) is 17.0 Å². The SMILES string of the molecule is CN1CCN(C(=O)c2cc(Cn3nc(-c4nc(-c5ccc(OC(F)(F)F)cc5)no4)ccc3=O)ccn2)CC1. The molecule has 0 spiro atoms. The normalized spacial score (nSPS) is 14.4. The van der Waals surface area contributed by atoms with Crippen LogP contribution in [0.15, 0.2) is 64.0 Å². The lowest BCUT2D eigenvalue weighted by molar-refractivity contribution is -0.274. The molecule has 0 atom stereocenters. The van der Waals surface area contributed by atoms with E-state index in [9.17, 15) is 22.8 Å². The van der Waals surface area contributed by atoms with E-state index in [4.69, 9.17) is 4.52 Å². The van der Waals surface area contributed by atoms with Crippen molar-refractivity contribution in [1.29, 1.82) is 0 Å². The molecule has 5 rings (SSSR count). The van der Waals surface area contributed by atoms with Gasteiger partial charge in [0.05, 0.1) is 6.54 Å². The summed E-state index contributed by atoms with van der Waals surface area (Å²) in [6, 6.07) is 11.0. The predicted octanol–water partition coefficient (Wildman–Crippen LogP) is 2.69. The van der Waals surface area contributed by atoms with Gasteiger partial charge in [-0.2, -0.15) is 10.1 Å². The van der Waals surface area contributed by atoms with E-state index in [0.717, 1.165) is 25.2 Å². The number of halogens is 3. The van der Waals surface area contributed by atoms with Gasteiger partial charge in [0.2, 0.25) is 5.82 Å². The number of carbonyl (C=O) groups is 1. The number of piperazine rings is 1. The van der Waals surface area contributed by atoms with Crippen LogP contribution in [0.3, 0.4) is 0 Å². The van der Waals surface area contributed by atoms with Gasteiger partial charge < -0.3 is 19.1 Å². The van der Waals surface area contributed by atoms with Crippen molar-refractivity contribution in [2.75, 3.05) is 33.2 Å². The van der Waals surface area contributed by atoms with Gasteiger partial charge in [0.1, 0.15) is 17.1 Å². The van der Waals surface area contributed by atoms with Gasteiger partial charge in [-0.05, 0) is 55.1 Å². The molecule has 0 aliphatic carbocycles. The van der Waals surface area contributed by atoms with Crippen molar-refractivity contribution in [3.05, 3.63) is 76.3 Å². The van der Waals surface area contributed by atoms with Gasteiger partial charge in [0.15, 0.2) is 0 Å². The van der Waals surface area contributed by atoms with E-state index in [1.165, 1.54) is 35.1 Å². The number of hydrogen-bond acceptors (Lipinski definition) is 9. The van der Waals surface area contributed by atoms with Crippen LogP contribution < -0.4 is 10.3 Å². The van der Waals surface area contributed by atoms with Gasteiger partial charge >= 0.3 is 6.36 Å². The molecule has 39 heavy (non-hydrogen) atoms. The maximum atomic E-state index is 12.9. The first-order valence-electron chi connectivity index (χ1n) is 11.9. The lowest BCUT2D eigenvalue weighted by atomic mass is 10.2. The highest BCUT2D eigenvalue weighted by Crippen LogP contribution is 2.26. The first-order valence-corrected chi connectivity index (χ1v) is 11.9. The summed E-state index contributed by atoms with van der Waals surface area (Å²) < 4.78 is 47.5. The Bertz CT molecular complexity index is 1530. The number of amides is 1. The van der Waals surface area contributed by atoms with Crippen LogP contribution in [-0.2, 0) is 6.54 Å². The standard InChI is InChI=1S/C25H22F3N7O4/c1-33-10-12-34(13-11-33)24(37)20-14-16(8-9-29-20)15-35-21(36)7-6-19(31-35)23-30-22(32-39-23)17-2-4-18(5-3-17)38-25(26,27)28/h2-9,14H,10-13,15H2,1H3. The molecule has 1 saturated heterocycles. The highest BCUT2D eigenvalue weighted by molar-refractivity contribution is 5.92. The molecule has 1 aliphatic rings. The van der Waals surface area contributed by atoms with Crippen LogP contribution in [0.4, 0.5) is 13.2 Å². The zero-order chi connectivity index (χ0) is 27.6. The number of rotatable bonds is 6. The maximum Gasteiger partial charge on any atom is 0.573 e. The summed E-state index contributed by atoms with van der Waals surface area (Å²) in [7, 11) is 2.00. The fourth-order valence-corrected chi connectivity index (χ4v) is 3.96. The summed E-state index contributed by atoms with van der Waals surface area (Å²) in [5.74, 6) is -0.428. The molecule has 3 aromatic heterocycles. The van der Waals surface area contributed by atoms with Crippen molar-refractivity contribution in [1.82, 2.24) is 34.7 Å². The van der Waals surface area contributed by atoms with Crippen molar-refractivity contribution in [3.63, 3.8) is 0 Å². The molecule has 1 amide bonds. The zero-order valence-electron chi connectivity index (χ0n) is 20.6.